The third-order valence-electron chi connectivity index (χ3n) is 2.86. The van der Waals surface area contributed by atoms with Gasteiger partial charge in [-0.3, -0.25) is 4.79 Å². The van der Waals surface area contributed by atoms with E-state index in [4.69, 9.17) is 27.2 Å². The van der Waals surface area contributed by atoms with Gasteiger partial charge in [0.15, 0.2) is 0 Å². The van der Waals surface area contributed by atoms with Crippen molar-refractivity contribution in [3.8, 4) is 11.5 Å². The topological polar surface area (TPSA) is 72.5 Å². The molecular formula is C15H13ClFNO3. The molecule has 2 aromatic rings. The highest BCUT2D eigenvalue weighted by atomic mass is 35.5. The van der Waals surface area contributed by atoms with Gasteiger partial charge in [0.05, 0.1) is 0 Å². The van der Waals surface area contributed by atoms with E-state index in [1.165, 1.54) is 12.1 Å². The molecule has 0 saturated heterocycles. The third-order valence-corrected chi connectivity index (χ3v) is 3.11. The van der Waals surface area contributed by atoms with Crippen LogP contribution in [0.1, 0.15) is 5.56 Å². The zero-order chi connectivity index (χ0) is 15.4. The molecule has 0 saturated carbocycles. The van der Waals surface area contributed by atoms with Crippen molar-refractivity contribution in [2.45, 2.75) is 12.5 Å². The monoisotopic (exact) mass is 309 g/mol. The number of nitrogens with two attached hydrogens (primary N) is 1. The fourth-order valence-corrected chi connectivity index (χ4v) is 1.90. The normalized spacial score (nSPS) is 12.0. The minimum Gasteiger partial charge on any atom is -0.480 e. The summed E-state index contributed by atoms with van der Waals surface area (Å²) in [6, 6.07) is 9.62. The SMILES string of the molecule is NC(Cc1c(F)cccc1Oc1ccc(Cl)cc1)C(=O)O. The Labute approximate surface area is 125 Å². The molecule has 0 aliphatic carbocycles. The van der Waals surface area contributed by atoms with Crippen LogP contribution in [-0.4, -0.2) is 17.1 Å². The Hall–Kier alpha value is -2.11. The smallest absolute Gasteiger partial charge is 0.320 e. The molecule has 0 aliphatic heterocycles. The molecule has 6 heteroatoms. The van der Waals surface area contributed by atoms with Crippen molar-refractivity contribution < 1.29 is 19.0 Å². The first-order chi connectivity index (χ1) is 9.97. The van der Waals surface area contributed by atoms with E-state index in [-0.39, 0.29) is 17.7 Å². The molecule has 4 nitrogen and oxygen atoms in total. The minimum atomic E-state index is -1.20. The number of ether oxygens (including phenoxy) is 1. The summed E-state index contributed by atoms with van der Waals surface area (Å²) < 4.78 is 19.5. The van der Waals surface area contributed by atoms with Crippen LogP contribution in [0, 0.1) is 5.82 Å². The summed E-state index contributed by atoms with van der Waals surface area (Å²) in [5.74, 6) is -1.06. The molecule has 0 radical (unpaired) electrons. The predicted octanol–water partition coefficient (Wildman–Crippen LogP) is 3.23. The third kappa shape index (κ3) is 3.93. The molecule has 3 N–H and O–H groups in total. The lowest BCUT2D eigenvalue weighted by Gasteiger charge is -2.14. The van der Waals surface area contributed by atoms with E-state index in [1.54, 1.807) is 30.3 Å². The second kappa shape index (κ2) is 6.56. The van der Waals surface area contributed by atoms with Gasteiger partial charge in [-0.25, -0.2) is 4.39 Å². The first-order valence-corrected chi connectivity index (χ1v) is 6.54. The fourth-order valence-electron chi connectivity index (χ4n) is 1.77. The van der Waals surface area contributed by atoms with Crippen molar-refractivity contribution >= 4 is 17.6 Å². The van der Waals surface area contributed by atoms with Gasteiger partial charge in [-0.15, -0.1) is 0 Å². The predicted molar refractivity (Wildman–Crippen MR) is 77.2 cm³/mol. The van der Waals surface area contributed by atoms with Crippen molar-refractivity contribution in [3.05, 3.63) is 58.9 Å². The Balaban J connectivity index is 2.28. The molecule has 0 aromatic heterocycles. The van der Waals surface area contributed by atoms with E-state index < -0.39 is 17.8 Å². The zero-order valence-corrected chi connectivity index (χ0v) is 11.7. The highest BCUT2D eigenvalue weighted by molar-refractivity contribution is 6.30. The molecule has 0 bridgehead atoms. The standard InChI is InChI=1S/C15H13ClFNO3/c16-9-4-6-10(7-5-9)21-14-3-1-2-12(17)11(14)8-13(18)15(19)20/h1-7,13H,8,18H2,(H,19,20). The van der Waals surface area contributed by atoms with Crippen LogP contribution < -0.4 is 10.5 Å². The maximum absolute atomic E-state index is 13.9. The van der Waals surface area contributed by atoms with Crippen LogP contribution >= 0.6 is 11.6 Å². The summed E-state index contributed by atoms with van der Waals surface area (Å²) in [5.41, 5.74) is 5.59. The van der Waals surface area contributed by atoms with Crippen molar-refractivity contribution in [2.75, 3.05) is 0 Å². The van der Waals surface area contributed by atoms with Gasteiger partial charge in [0.25, 0.3) is 0 Å². The van der Waals surface area contributed by atoms with E-state index in [0.29, 0.717) is 10.8 Å². The lowest BCUT2D eigenvalue weighted by atomic mass is 10.0. The van der Waals surface area contributed by atoms with Crippen molar-refractivity contribution in [1.82, 2.24) is 0 Å². The second-order valence-corrected chi connectivity index (χ2v) is 4.86. The highest BCUT2D eigenvalue weighted by Crippen LogP contribution is 2.28. The fraction of sp³-hybridized carbons (Fsp3) is 0.133. The molecule has 2 rings (SSSR count). The lowest BCUT2D eigenvalue weighted by Crippen LogP contribution is -2.32. The molecule has 21 heavy (non-hydrogen) atoms. The van der Waals surface area contributed by atoms with E-state index in [2.05, 4.69) is 0 Å². The molecule has 0 heterocycles. The number of carboxylic acids is 1. The summed E-state index contributed by atoms with van der Waals surface area (Å²) in [6.07, 6.45) is -0.162. The number of hydrogen-bond acceptors (Lipinski definition) is 3. The number of hydrogen-bond donors (Lipinski definition) is 2. The Morgan fingerprint density at radius 3 is 2.57 bits per heavy atom. The van der Waals surface area contributed by atoms with Crippen molar-refractivity contribution in [2.24, 2.45) is 5.73 Å². The molecule has 110 valence electrons. The maximum atomic E-state index is 13.9. The largest absolute Gasteiger partial charge is 0.480 e. The summed E-state index contributed by atoms with van der Waals surface area (Å²) >= 11 is 5.78. The number of carbonyl (C=O) groups is 1. The van der Waals surface area contributed by atoms with Gasteiger partial charge in [0.2, 0.25) is 0 Å². The van der Waals surface area contributed by atoms with Crippen molar-refractivity contribution in [1.29, 1.82) is 0 Å². The van der Waals surface area contributed by atoms with Gasteiger partial charge < -0.3 is 15.6 Å². The molecule has 0 aliphatic rings. The van der Waals surface area contributed by atoms with Crippen molar-refractivity contribution in [3.63, 3.8) is 0 Å². The van der Waals surface area contributed by atoms with Gasteiger partial charge >= 0.3 is 5.97 Å². The Bertz CT molecular complexity index is 646. The maximum Gasteiger partial charge on any atom is 0.320 e. The van der Waals surface area contributed by atoms with Crippen LogP contribution in [0.25, 0.3) is 0 Å². The zero-order valence-electron chi connectivity index (χ0n) is 10.9. The van der Waals surface area contributed by atoms with E-state index in [0.717, 1.165) is 0 Å². The van der Waals surface area contributed by atoms with E-state index in [9.17, 15) is 9.18 Å². The first-order valence-electron chi connectivity index (χ1n) is 6.16. The van der Waals surface area contributed by atoms with Gasteiger partial charge in [-0.05, 0) is 36.4 Å². The molecule has 1 atom stereocenters. The molecule has 1 unspecified atom stereocenters. The van der Waals surface area contributed by atoms with Gasteiger partial charge in [-0.1, -0.05) is 17.7 Å². The minimum absolute atomic E-state index is 0.127. The molecular weight excluding hydrogens is 297 g/mol. The van der Waals surface area contributed by atoms with Crippen LogP contribution in [-0.2, 0) is 11.2 Å². The van der Waals surface area contributed by atoms with Crippen LogP contribution in [0.3, 0.4) is 0 Å². The Kier molecular flexibility index (Phi) is 4.77. The molecule has 0 amide bonds. The lowest BCUT2D eigenvalue weighted by molar-refractivity contribution is -0.138. The van der Waals surface area contributed by atoms with Gasteiger partial charge in [-0.2, -0.15) is 0 Å². The second-order valence-electron chi connectivity index (χ2n) is 4.42. The Morgan fingerprint density at radius 1 is 1.29 bits per heavy atom. The summed E-state index contributed by atoms with van der Waals surface area (Å²) in [6.45, 7) is 0. The quantitative estimate of drug-likeness (QED) is 0.889. The summed E-state index contributed by atoms with van der Waals surface area (Å²) in [4.78, 5) is 10.8. The van der Waals surface area contributed by atoms with E-state index in [1.807, 2.05) is 0 Å². The number of halogens is 2. The van der Waals surface area contributed by atoms with E-state index >= 15 is 0 Å². The number of benzene rings is 2. The number of carboxylic acid groups (broad SMARTS) is 1. The van der Waals surface area contributed by atoms with Gasteiger partial charge in [0, 0.05) is 17.0 Å². The van der Waals surface area contributed by atoms with Crippen LogP contribution in [0.15, 0.2) is 42.5 Å². The highest BCUT2D eigenvalue weighted by Gasteiger charge is 2.18. The van der Waals surface area contributed by atoms with Crippen LogP contribution in [0.5, 0.6) is 11.5 Å². The molecule has 0 spiro atoms. The Morgan fingerprint density at radius 2 is 1.95 bits per heavy atom. The van der Waals surface area contributed by atoms with Gasteiger partial charge in [0.1, 0.15) is 23.4 Å². The average Bonchev–Trinajstić information content (AvgIpc) is 2.44. The first kappa shape index (κ1) is 15.3. The number of rotatable bonds is 5. The van der Waals surface area contributed by atoms with Crippen LogP contribution in [0.2, 0.25) is 5.02 Å². The average molecular weight is 310 g/mol. The summed E-state index contributed by atoms with van der Waals surface area (Å²) in [5, 5.41) is 9.39. The summed E-state index contributed by atoms with van der Waals surface area (Å²) in [7, 11) is 0. The van der Waals surface area contributed by atoms with Crippen LogP contribution in [0.4, 0.5) is 4.39 Å². The number of aliphatic carboxylic acids is 1. The molecule has 2 aromatic carbocycles. The molecule has 0 fully saturated rings.